The van der Waals surface area contributed by atoms with Gasteiger partial charge in [-0.25, -0.2) is 4.98 Å². The molecule has 4 nitrogen and oxygen atoms in total. The molecule has 1 atom stereocenters. The highest BCUT2D eigenvalue weighted by atomic mass is 32.2. The van der Waals surface area contributed by atoms with E-state index in [0.29, 0.717) is 5.75 Å². The van der Waals surface area contributed by atoms with Crippen LogP contribution in [-0.4, -0.2) is 28.8 Å². The zero-order valence-corrected chi connectivity index (χ0v) is 9.71. The summed E-state index contributed by atoms with van der Waals surface area (Å²) < 4.78 is 0. The molecule has 2 aromatic rings. The first kappa shape index (κ1) is 11.0. The van der Waals surface area contributed by atoms with Crippen LogP contribution in [0.25, 0.3) is 11.0 Å². The van der Waals surface area contributed by atoms with Crippen LogP contribution in [0.2, 0.25) is 0 Å². The summed E-state index contributed by atoms with van der Waals surface area (Å²) in [4.78, 5) is 7.64. The van der Waals surface area contributed by atoms with E-state index in [2.05, 4.69) is 21.4 Å². The van der Waals surface area contributed by atoms with E-state index in [4.69, 9.17) is 5.26 Å². The lowest BCUT2D eigenvalue weighted by molar-refractivity contribution is 0.749. The standard InChI is InChI=1S/C11H12N4S/c1-13-8(6-12)7-16-11-14-9-4-2-3-5-10(9)15-11/h2-5,8,13H,7H2,1H3,(H,14,15). The molecule has 0 spiro atoms. The number of para-hydroxylation sites is 2. The van der Waals surface area contributed by atoms with Crippen molar-refractivity contribution in [2.75, 3.05) is 12.8 Å². The average Bonchev–Trinajstić information content (AvgIpc) is 2.73. The van der Waals surface area contributed by atoms with Crippen molar-refractivity contribution in [1.29, 1.82) is 5.26 Å². The van der Waals surface area contributed by atoms with Gasteiger partial charge in [-0.1, -0.05) is 23.9 Å². The van der Waals surface area contributed by atoms with E-state index in [1.54, 1.807) is 18.8 Å². The average molecular weight is 232 g/mol. The fourth-order valence-electron chi connectivity index (χ4n) is 1.35. The summed E-state index contributed by atoms with van der Waals surface area (Å²) >= 11 is 1.55. The molecule has 16 heavy (non-hydrogen) atoms. The van der Waals surface area contributed by atoms with Crippen LogP contribution < -0.4 is 5.32 Å². The van der Waals surface area contributed by atoms with Gasteiger partial charge in [-0.05, 0) is 19.2 Å². The van der Waals surface area contributed by atoms with Crippen molar-refractivity contribution in [3.05, 3.63) is 24.3 Å². The maximum absolute atomic E-state index is 8.79. The van der Waals surface area contributed by atoms with E-state index in [1.165, 1.54) is 0 Å². The van der Waals surface area contributed by atoms with Gasteiger partial charge in [0.2, 0.25) is 0 Å². The molecule has 2 rings (SSSR count). The van der Waals surface area contributed by atoms with Gasteiger partial charge in [-0.3, -0.25) is 0 Å². The predicted octanol–water partition coefficient (Wildman–Crippen LogP) is 1.77. The molecule has 0 aliphatic heterocycles. The number of fused-ring (bicyclic) bond motifs is 1. The van der Waals surface area contributed by atoms with Gasteiger partial charge in [0.25, 0.3) is 0 Å². The van der Waals surface area contributed by atoms with Gasteiger partial charge in [0.15, 0.2) is 5.16 Å². The quantitative estimate of drug-likeness (QED) is 0.788. The molecule has 1 heterocycles. The largest absolute Gasteiger partial charge is 0.333 e. The smallest absolute Gasteiger partial charge is 0.166 e. The SMILES string of the molecule is CNC(C#N)CSc1nc2ccccc2[nH]1. The first-order valence-corrected chi connectivity index (χ1v) is 5.96. The molecule has 1 aromatic carbocycles. The monoisotopic (exact) mass is 232 g/mol. The van der Waals surface area contributed by atoms with E-state index in [0.717, 1.165) is 16.2 Å². The van der Waals surface area contributed by atoms with E-state index in [9.17, 15) is 0 Å². The molecule has 5 heteroatoms. The lowest BCUT2D eigenvalue weighted by Gasteiger charge is -2.04. The number of hydrogen-bond donors (Lipinski definition) is 2. The van der Waals surface area contributed by atoms with Crippen LogP contribution >= 0.6 is 11.8 Å². The molecule has 0 amide bonds. The van der Waals surface area contributed by atoms with Crippen LogP contribution in [-0.2, 0) is 0 Å². The summed E-state index contributed by atoms with van der Waals surface area (Å²) in [6.07, 6.45) is 0. The zero-order chi connectivity index (χ0) is 11.4. The second-order valence-corrected chi connectivity index (χ2v) is 4.35. The third-order valence-electron chi connectivity index (χ3n) is 2.26. The molecule has 0 aliphatic rings. The van der Waals surface area contributed by atoms with Crippen LogP contribution in [0, 0.1) is 11.3 Å². The Morgan fingerprint density at radius 1 is 1.56 bits per heavy atom. The Hall–Kier alpha value is -1.51. The minimum Gasteiger partial charge on any atom is -0.333 e. The third-order valence-corrected chi connectivity index (χ3v) is 3.23. The highest BCUT2D eigenvalue weighted by Crippen LogP contribution is 2.19. The van der Waals surface area contributed by atoms with Gasteiger partial charge in [0.1, 0.15) is 6.04 Å². The third kappa shape index (κ3) is 2.35. The molecular weight excluding hydrogens is 220 g/mol. The summed E-state index contributed by atoms with van der Waals surface area (Å²) in [5, 5.41) is 12.6. The van der Waals surface area contributed by atoms with Gasteiger partial charge in [0.05, 0.1) is 17.1 Å². The minimum absolute atomic E-state index is 0.141. The molecule has 0 radical (unpaired) electrons. The van der Waals surface area contributed by atoms with Gasteiger partial charge in [0, 0.05) is 5.75 Å². The van der Waals surface area contributed by atoms with E-state index in [-0.39, 0.29) is 6.04 Å². The normalized spacial score (nSPS) is 12.5. The number of aromatic nitrogens is 2. The van der Waals surface area contributed by atoms with Crippen molar-refractivity contribution in [2.45, 2.75) is 11.2 Å². The summed E-state index contributed by atoms with van der Waals surface area (Å²) in [6, 6.07) is 9.94. The van der Waals surface area contributed by atoms with Crippen molar-refractivity contribution in [3.8, 4) is 6.07 Å². The topological polar surface area (TPSA) is 64.5 Å². The van der Waals surface area contributed by atoms with Gasteiger partial charge < -0.3 is 10.3 Å². The Labute approximate surface area is 98.1 Å². The number of benzene rings is 1. The maximum atomic E-state index is 8.79. The Bertz CT molecular complexity index is 481. The molecule has 1 aromatic heterocycles. The van der Waals surface area contributed by atoms with E-state index in [1.807, 2.05) is 24.3 Å². The second-order valence-electron chi connectivity index (χ2n) is 3.34. The summed E-state index contributed by atoms with van der Waals surface area (Å²) in [5.41, 5.74) is 1.99. The number of hydrogen-bond acceptors (Lipinski definition) is 4. The number of nitriles is 1. The van der Waals surface area contributed by atoms with Crippen molar-refractivity contribution < 1.29 is 0 Å². The van der Waals surface area contributed by atoms with Gasteiger partial charge >= 0.3 is 0 Å². The number of nitrogens with zero attached hydrogens (tertiary/aromatic N) is 2. The number of nitrogens with one attached hydrogen (secondary N) is 2. The van der Waals surface area contributed by atoms with Crippen molar-refractivity contribution in [3.63, 3.8) is 0 Å². The van der Waals surface area contributed by atoms with Gasteiger partial charge in [-0.15, -0.1) is 0 Å². The lowest BCUT2D eigenvalue weighted by Crippen LogP contribution is -2.25. The minimum atomic E-state index is -0.141. The van der Waals surface area contributed by atoms with Crippen LogP contribution in [0.3, 0.4) is 0 Å². The molecule has 0 fully saturated rings. The zero-order valence-electron chi connectivity index (χ0n) is 8.90. The Balaban J connectivity index is 2.08. The molecule has 0 saturated carbocycles. The van der Waals surface area contributed by atoms with Crippen LogP contribution in [0.1, 0.15) is 0 Å². The number of aromatic amines is 1. The molecular formula is C11H12N4S. The lowest BCUT2D eigenvalue weighted by atomic mass is 10.3. The van der Waals surface area contributed by atoms with Crippen molar-refractivity contribution in [2.24, 2.45) is 0 Å². The highest BCUT2D eigenvalue weighted by Gasteiger charge is 2.07. The van der Waals surface area contributed by atoms with Gasteiger partial charge in [-0.2, -0.15) is 5.26 Å². The Kier molecular flexibility index (Phi) is 3.44. The maximum Gasteiger partial charge on any atom is 0.166 e. The van der Waals surface area contributed by atoms with E-state index < -0.39 is 0 Å². The molecule has 0 saturated heterocycles. The molecule has 0 bridgehead atoms. The fraction of sp³-hybridized carbons (Fsp3) is 0.273. The molecule has 1 unspecified atom stereocenters. The van der Waals surface area contributed by atoms with E-state index >= 15 is 0 Å². The molecule has 0 aliphatic carbocycles. The number of H-pyrrole nitrogens is 1. The predicted molar refractivity (Wildman–Crippen MR) is 65.3 cm³/mol. The summed E-state index contributed by atoms with van der Waals surface area (Å²) in [5.74, 6) is 0.687. The Morgan fingerprint density at radius 2 is 2.38 bits per heavy atom. The van der Waals surface area contributed by atoms with Crippen LogP contribution in [0.5, 0.6) is 0 Å². The molecule has 2 N–H and O–H groups in total. The first-order chi connectivity index (χ1) is 7.83. The van der Waals surface area contributed by atoms with Crippen molar-refractivity contribution in [1.82, 2.24) is 15.3 Å². The highest BCUT2D eigenvalue weighted by molar-refractivity contribution is 7.99. The van der Waals surface area contributed by atoms with Crippen LogP contribution in [0.15, 0.2) is 29.4 Å². The number of thioether (sulfide) groups is 1. The van der Waals surface area contributed by atoms with Crippen molar-refractivity contribution >= 4 is 22.8 Å². The summed E-state index contributed by atoms with van der Waals surface area (Å²) in [7, 11) is 1.78. The fourth-order valence-corrected chi connectivity index (χ4v) is 2.26. The number of rotatable bonds is 4. The summed E-state index contributed by atoms with van der Waals surface area (Å²) in [6.45, 7) is 0. The van der Waals surface area contributed by atoms with Crippen LogP contribution in [0.4, 0.5) is 0 Å². The Morgan fingerprint density at radius 3 is 3.06 bits per heavy atom. The first-order valence-electron chi connectivity index (χ1n) is 4.98. The second kappa shape index (κ2) is 5.01. The number of imidazole rings is 1. The molecule has 82 valence electrons.